The molecular formula is C15H19N3O5. The molecule has 0 aliphatic carbocycles. The van der Waals surface area contributed by atoms with Crippen LogP contribution in [0.25, 0.3) is 0 Å². The quantitative estimate of drug-likeness (QED) is 0.651. The van der Waals surface area contributed by atoms with Gasteiger partial charge in [0.15, 0.2) is 0 Å². The molecule has 1 atom stereocenters. The zero-order chi connectivity index (χ0) is 17.0. The van der Waals surface area contributed by atoms with Gasteiger partial charge in [0.05, 0.1) is 11.5 Å². The number of hydrogen-bond donors (Lipinski definition) is 1. The van der Waals surface area contributed by atoms with Gasteiger partial charge in [0.1, 0.15) is 11.7 Å². The molecule has 23 heavy (non-hydrogen) atoms. The average Bonchev–Trinajstić information content (AvgIpc) is 2.54. The summed E-state index contributed by atoms with van der Waals surface area (Å²) in [7, 11) is 1.58. The van der Waals surface area contributed by atoms with Gasteiger partial charge < -0.3 is 14.9 Å². The van der Waals surface area contributed by atoms with E-state index < -0.39 is 16.9 Å². The second kappa shape index (κ2) is 7.08. The fraction of sp³-hybridized carbons (Fsp3) is 0.467. The maximum atomic E-state index is 12.4. The summed E-state index contributed by atoms with van der Waals surface area (Å²) in [5.41, 5.74) is 0.242. The summed E-state index contributed by atoms with van der Waals surface area (Å²) in [5.74, 6) is -1.34. The topological polar surface area (TPSA) is 104 Å². The van der Waals surface area contributed by atoms with Crippen LogP contribution in [0.15, 0.2) is 24.3 Å². The van der Waals surface area contributed by atoms with Gasteiger partial charge in [-0.3, -0.25) is 14.9 Å². The molecule has 1 N–H and O–H groups in total. The van der Waals surface area contributed by atoms with Crippen LogP contribution in [0.1, 0.15) is 19.3 Å². The van der Waals surface area contributed by atoms with E-state index in [4.69, 9.17) is 0 Å². The average molecular weight is 321 g/mol. The molecular weight excluding hydrogens is 302 g/mol. The predicted molar refractivity (Wildman–Crippen MR) is 83.4 cm³/mol. The molecule has 0 aromatic heterocycles. The van der Waals surface area contributed by atoms with E-state index in [1.165, 1.54) is 15.9 Å². The number of para-hydroxylation sites is 2. The van der Waals surface area contributed by atoms with Crippen LogP contribution < -0.4 is 4.90 Å². The normalized spacial score (nSPS) is 17.6. The van der Waals surface area contributed by atoms with Gasteiger partial charge in [0.2, 0.25) is 5.91 Å². The van der Waals surface area contributed by atoms with Crippen molar-refractivity contribution in [3.63, 3.8) is 0 Å². The standard InChI is InChI=1S/C15H19N3O5/c1-16(11-6-2-3-7-12(11)18(22)23)10-14(19)17-9-5-4-8-13(17)15(20)21/h2-3,6-7,13H,4-5,8-10H2,1H3,(H,20,21). The summed E-state index contributed by atoms with van der Waals surface area (Å²) in [6, 6.07) is 5.34. The minimum atomic E-state index is -1.01. The summed E-state index contributed by atoms with van der Waals surface area (Å²) < 4.78 is 0. The van der Waals surface area contributed by atoms with Crippen LogP contribution in [0.5, 0.6) is 0 Å². The third-order valence-corrected chi connectivity index (χ3v) is 3.97. The van der Waals surface area contributed by atoms with E-state index in [9.17, 15) is 24.8 Å². The molecule has 1 aliphatic rings. The highest BCUT2D eigenvalue weighted by Crippen LogP contribution is 2.27. The number of rotatable bonds is 5. The van der Waals surface area contributed by atoms with Crippen molar-refractivity contribution in [3.05, 3.63) is 34.4 Å². The van der Waals surface area contributed by atoms with Crippen molar-refractivity contribution in [3.8, 4) is 0 Å². The lowest BCUT2D eigenvalue weighted by atomic mass is 10.0. The summed E-state index contributed by atoms with van der Waals surface area (Å²) in [4.78, 5) is 37.1. The molecule has 0 spiro atoms. The summed E-state index contributed by atoms with van der Waals surface area (Å²) in [6.07, 6.45) is 1.99. The van der Waals surface area contributed by atoms with Gasteiger partial charge in [-0.1, -0.05) is 12.1 Å². The van der Waals surface area contributed by atoms with E-state index in [1.807, 2.05) is 0 Å². The van der Waals surface area contributed by atoms with Gasteiger partial charge in [-0.05, 0) is 25.3 Å². The Kier molecular flexibility index (Phi) is 5.15. The number of carboxylic acids is 1. The molecule has 2 rings (SSSR count). The van der Waals surface area contributed by atoms with Crippen molar-refractivity contribution in [2.24, 2.45) is 0 Å². The fourth-order valence-corrected chi connectivity index (χ4v) is 2.81. The SMILES string of the molecule is CN(CC(=O)N1CCCCC1C(=O)O)c1ccccc1[N+](=O)[O-]. The Bertz CT molecular complexity index is 619. The van der Waals surface area contributed by atoms with Crippen molar-refractivity contribution < 1.29 is 19.6 Å². The largest absolute Gasteiger partial charge is 0.480 e. The number of nitrogens with zero attached hydrogens (tertiary/aromatic N) is 3. The van der Waals surface area contributed by atoms with Gasteiger partial charge in [-0.15, -0.1) is 0 Å². The van der Waals surface area contributed by atoms with Crippen molar-refractivity contribution in [2.45, 2.75) is 25.3 Å². The van der Waals surface area contributed by atoms with Crippen LogP contribution in [0.2, 0.25) is 0 Å². The van der Waals surface area contributed by atoms with E-state index in [-0.39, 0.29) is 18.1 Å². The Morgan fingerprint density at radius 2 is 2.09 bits per heavy atom. The van der Waals surface area contributed by atoms with Gasteiger partial charge in [0, 0.05) is 19.7 Å². The predicted octanol–water partition coefficient (Wildman–Crippen LogP) is 1.50. The Hall–Kier alpha value is -2.64. The molecule has 0 radical (unpaired) electrons. The number of nitro groups is 1. The first-order valence-corrected chi connectivity index (χ1v) is 7.38. The minimum Gasteiger partial charge on any atom is -0.480 e. The molecule has 1 aliphatic heterocycles. The van der Waals surface area contributed by atoms with Crippen molar-refractivity contribution in [2.75, 3.05) is 25.0 Å². The Morgan fingerprint density at radius 1 is 1.39 bits per heavy atom. The molecule has 1 fully saturated rings. The van der Waals surface area contributed by atoms with E-state index in [1.54, 1.807) is 25.2 Å². The Labute approximate surface area is 133 Å². The molecule has 1 saturated heterocycles. The first-order chi connectivity index (χ1) is 10.9. The number of carboxylic acid groups (broad SMARTS) is 1. The number of piperidine rings is 1. The molecule has 124 valence electrons. The highest BCUT2D eigenvalue weighted by atomic mass is 16.6. The highest BCUT2D eigenvalue weighted by molar-refractivity contribution is 5.87. The zero-order valence-electron chi connectivity index (χ0n) is 12.8. The lowest BCUT2D eigenvalue weighted by molar-refractivity contribution is -0.384. The first kappa shape index (κ1) is 16.7. The summed E-state index contributed by atoms with van der Waals surface area (Å²) in [6.45, 7) is 0.301. The second-order valence-electron chi connectivity index (χ2n) is 5.54. The zero-order valence-corrected chi connectivity index (χ0v) is 12.8. The molecule has 1 amide bonds. The van der Waals surface area contributed by atoms with Gasteiger partial charge in [-0.25, -0.2) is 4.79 Å². The van der Waals surface area contributed by atoms with Gasteiger partial charge >= 0.3 is 5.97 Å². The fourth-order valence-electron chi connectivity index (χ4n) is 2.81. The molecule has 8 heteroatoms. The van der Waals surface area contributed by atoms with Crippen LogP contribution in [0.4, 0.5) is 11.4 Å². The number of benzene rings is 1. The smallest absolute Gasteiger partial charge is 0.326 e. The molecule has 1 heterocycles. The Balaban J connectivity index is 2.13. The number of likely N-dealkylation sites (tertiary alicyclic amines) is 1. The number of aliphatic carboxylic acids is 1. The molecule has 8 nitrogen and oxygen atoms in total. The first-order valence-electron chi connectivity index (χ1n) is 7.38. The van der Waals surface area contributed by atoms with Gasteiger partial charge in [0.25, 0.3) is 5.69 Å². The lowest BCUT2D eigenvalue weighted by Crippen LogP contribution is -2.50. The number of carbonyl (C=O) groups is 2. The van der Waals surface area contributed by atoms with Crippen LogP contribution in [0.3, 0.4) is 0 Å². The highest BCUT2D eigenvalue weighted by Gasteiger charge is 2.32. The van der Waals surface area contributed by atoms with E-state index in [0.29, 0.717) is 18.7 Å². The maximum absolute atomic E-state index is 12.4. The van der Waals surface area contributed by atoms with Crippen LogP contribution in [-0.4, -0.2) is 53.0 Å². The molecule has 1 unspecified atom stereocenters. The monoisotopic (exact) mass is 321 g/mol. The van der Waals surface area contributed by atoms with E-state index in [0.717, 1.165) is 12.8 Å². The minimum absolute atomic E-state index is 0.0868. The molecule has 0 bridgehead atoms. The number of amides is 1. The van der Waals surface area contributed by atoms with Crippen LogP contribution in [-0.2, 0) is 9.59 Å². The lowest BCUT2D eigenvalue weighted by Gasteiger charge is -2.34. The number of hydrogen-bond acceptors (Lipinski definition) is 5. The second-order valence-corrected chi connectivity index (χ2v) is 5.54. The molecule has 1 aromatic rings. The third kappa shape index (κ3) is 3.77. The summed E-state index contributed by atoms with van der Waals surface area (Å²) in [5, 5.41) is 20.3. The van der Waals surface area contributed by atoms with Crippen LogP contribution in [0, 0.1) is 10.1 Å². The Morgan fingerprint density at radius 3 is 2.74 bits per heavy atom. The van der Waals surface area contributed by atoms with E-state index >= 15 is 0 Å². The number of carbonyl (C=O) groups excluding carboxylic acids is 1. The van der Waals surface area contributed by atoms with Crippen LogP contribution >= 0.6 is 0 Å². The molecule has 1 aromatic carbocycles. The maximum Gasteiger partial charge on any atom is 0.326 e. The van der Waals surface area contributed by atoms with Crippen molar-refractivity contribution in [1.82, 2.24) is 4.90 Å². The van der Waals surface area contributed by atoms with Crippen molar-refractivity contribution in [1.29, 1.82) is 0 Å². The number of nitro benzene ring substituents is 1. The molecule has 0 saturated carbocycles. The summed E-state index contributed by atoms with van der Waals surface area (Å²) >= 11 is 0. The van der Waals surface area contributed by atoms with Gasteiger partial charge in [-0.2, -0.15) is 0 Å². The number of anilines is 1. The third-order valence-electron chi connectivity index (χ3n) is 3.97. The van der Waals surface area contributed by atoms with Crippen molar-refractivity contribution >= 4 is 23.3 Å². The van der Waals surface area contributed by atoms with E-state index in [2.05, 4.69) is 0 Å². The number of likely N-dealkylation sites (N-methyl/N-ethyl adjacent to an activating group) is 1.